The Kier molecular flexibility index (Phi) is 4.95. The Morgan fingerprint density at radius 3 is 2.55 bits per heavy atom. The van der Waals surface area contributed by atoms with E-state index in [2.05, 4.69) is 22.0 Å². The van der Waals surface area contributed by atoms with Crippen LogP contribution in [0.4, 0.5) is 4.79 Å². The highest BCUT2D eigenvalue weighted by Gasteiger charge is 2.44. The number of nitrogens with zero attached hydrogens (tertiary/aromatic N) is 1. The van der Waals surface area contributed by atoms with Crippen molar-refractivity contribution in [3.8, 4) is 0 Å². The molecule has 0 fully saturated rings. The molecule has 1 unspecified atom stereocenters. The topological polar surface area (TPSA) is 38.8 Å². The summed E-state index contributed by atoms with van der Waals surface area (Å²) in [4.78, 5) is 15.6. The van der Waals surface area contributed by atoms with Crippen LogP contribution in [0.2, 0.25) is 0 Å². The second kappa shape index (κ2) is 6.13. The molecule has 1 amide bonds. The summed E-state index contributed by atoms with van der Waals surface area (Å²) in [5, 5.41) is 0. The monoisotopic (exact) mass is 389 g/mol. The van der Waals surface area contributed by atoms with Crippen LogP contribution in [-0.4, -0.2) is 35.8 Å². The predicted molar refractivity (Wildman–Crippen MR) is 92.5 cm³/mol. The van der Waals surface area contributed by atoms with Crippen molar-refractivity contribution in [3.63, 3.8) is 0 Å². The van der Waals surface area contributed by atoms with E-state index in [9.17, 15) is 4.79 Å². The normalized spacial score (nSPS) is 19.0. The molecule has 0 saturated heterocycles. The summed E-state index contributed by atoms with van der Waals surface area (Å²) in [6, 6.07) is 2.00. The highest BCUT2D eigenvalue weighted by Crippen LogP contribution is 2.45. The average Bonchev–Trinajstić information content (AvgIpc) is 2.75. The number of carbonyl (C=O) groups excluding carboxylic acids is 1. The molecule has 0 bridgehead atoms. The van der Waals surface area contributed by atoms with E-state index in [0.29, 0.717) is 6.54 Å². The first kappa shape index (κ1) is 17.8. The zero-order valence-corrected chi connectivity index (χ0v) is 16.4. The first-order valence-electron chi connectivity index (χ1n) is 7.38. The molecule has 1 aliphatic heterocycles. The molecule has 1 aromatic heterocycles. The SMILES string of the molecule is COC(C)(C)C1c2sc(Br)cc2CCN1C(=O)OC(C)(C)C. The van der Waals surface area contributed by atoms with Crippen molar-refractivity contribution in [1.82, 2.24) is 4.90 Å². The van der Waals surface area contributed by atoms with Crippen LogP contribution in [0.3, 0.4) is 0 Å². The van der Waals surface area contributed by atoms with Gasteiger partial charge in [-0.05, 0) is 68.6 Å². The van der Waals surface area contributed by atoms with Gasteiger partial charge in [-0.2, -0.15) is 0 Å². The number of ether oxygens (including phenoxy) is 2. The molecule has 4 nitrogen and oxygen atoms in total. The molecule has 6 heteroatoms. The molecule has 0 radical (unpaired) electrons. The van der Waals surface area contributed by atoms with Gasteiger partial charge in [0.1, 0.15) is 5.60 Å². The van der Waals surface area contributed by atoms with Gasteiger partial charge in [0.25, 0.3) is 0 Å². The Morgan fingerprint density at radius 1 is 1.36 bits per heavy atom. The molecule has 2 rings (SSSR count). The number of thiophene rings is 1. The summed E-state index contributed by atoms with van der Waals surface area (Å²) in [7, 11) is 1.68. The third kappa shape index (κ3) is 3.66. The molecule has 0 spiro atoms. The van der Waals surface area contributed by atoms with Gasteiger partial charge < -0.3 is 9.47 Å². The fourth-order valence-corrected chi connectivity index (χ4v) is 4.69. The van der Waals surface area contributed by atoms with Crippen molar-refractivity contribution in [1.29, 1.82) is 0 Å². The molecule has 22 heavy (non-hydrogen) atoms. The van der Waals surface area contributed by atoms with Crippen LogP contribution >= 0.6 is 27.3 Å². The zero-order valence-electron chi connectivity index (χ0n) is 14.0. The number of carbonyl (C=O) groups is 1. The molecule has 0 aromatic carbocycles. The number of halogens is 1. The maximum Gasteiger partial charge on any atom is 0.410 e. The molecular formula is C16H24BrNO3S. The molecule has 0 aliphatic carbocycles. The number of methoxy groups -OCH3 is 1. The van der Waals surface area contributed by atoms with E-state index in [1.165, 1.54) is 10.4 Å². The first-order valence-corrected chi connectivity index (χ1v) is 8.99. The summed E-state index contributed by atoms with van der Waals surface area (Å²) in [6.45, 7) is 10.3. The molecular weight excluding hydrogens is 366 g/mol. The van der Waals surface area contributed by atoms with Crippen molar-refractivity contribution >= 4 is 33.4 Å². The summed E-state index contributed by atoms with van der Waals surface area (Å²) in [6.07, 6.45) is 0.560. The summed E-state index contributed by atoms with van der Waals surface area (Å²) in [5.41, 5.74) is 0.290. The fraction of sp³-hybridized carbons (Fsp3) is 0.688. The van der Waals surface area contributed by atoms with E-state index in [1.807, 2.05) is 34.6 Å². The Balaban J connectivity index is 2.40. The Bertz CT molecular complexity index is 562. The number of fused-ring (bicyclic) bond motifs is 1. The van der Waals surface area contributed by atoms with E-state index in [4.69, 9.17) is 9.47 Å². The minimum atomic E-state index is -0.505. The van der Waals surface area contributed by atoms with Crippen LogP contribution in [0.25, 0.3) is 0 Å². The van der Waals surface area contributed by atoms with Gasteiger partial charge in [-0.3, -0.25) is 4.90 Å². The Hall–Kier alpha value is -0.590. The van der Waals surface area contributed by atoms with E-state index in [1.54, 1.807) is 23.3 Å². The lowest BCUT2D eigenvalue weighted by Gasteiger charge is -2.43. The molecule has 2 heterocycles. The van der Waals surface area contributed by atoms with Crippen LogP contribution in [0.15, 0.2) is 9.85 Å². The van der Waals surface area contributed by atoms with Gasteiger partial charge in [-0.25, -0.2) is 4.79 Å². The molecule has 1 atom stereocenters. The van der Waals surface area contributed by atoms with Gasteiger partial charge in [0.15, 0.2) is 0 Å². The number of hydrogen-bond donors (Lipinski definition) is 0. The lowest BCUT2D eigenvalue weighted by Crippen LogP contribution is -2.50. The van der Waals surface area contributed by atoms with E-state index in [-0.39, 0.29) is 12.1 Å². The van der Waals surface area contributed by atoms with Crippen LogP contribution in [-0.2, 0) is 15.9 Å². The molecule has 0 saturated carbocycles. The van der Waals surface area contributed by atoms with Crippen LogP contribution < -0.4 is 0 Å². The van der Waals surface area contributed by atoms with Crippen molar-refractivity contribution in [2.45, 2.75) is 58.3 Å². The van der Waals surface area contributed by atoms with Gasteiger partial charge in [0.2, 0.25) is 0 Å². The van der Waals surface area contributed by atoms with E-state index >= 15 is 0 Å². The van der Waals surface area contributed by atoms with Gasteiger partial charge in [0.05, 0.1) is 15.4 Å². The lowest BCUT2D eigenvalue weighted by molar-refractivity contribution is -0.0638. The number of hydrogen-bond acceptors (Lipinski definition) is 4. The molecule has 124 valence electrons. The van der Waals surface area contributed by atoms with Crippen molar-refractivity contribution in [3.05, 3.63) is 20.3 Å². The highest BCUT2D eigenvalue weighted by molar-refractivity contribution is 9.11. The highest BCUT2D eigenvalue weighted by atomic mass is 79.9. The van der Waals surface area contributed by atoms with Crippen LogP contribution in [0.1, 0.15) is 51.1 Å². The second-order valence-corrected chi connectivity index (χ2v) is 9.54. The molecule has 1 aliphatic rings. The van der Waals surface area contributed by atoms with Crippen molar-refractivity contribution in [2.24, 2.45) is 0 Å². The lowest BCUT2D eigenvalue weighted by atomic mass is 9.89. The standard InChI is InChI=1S/C16H24BrNO3S/c1-15(2,3)21-14(19)18-8-7-10-9-11(17)22-12(10)13(18)16(4,5)20-6/h9,13H,7-8H2,1-6H3. The largest absolute Gasteiger partial charge is 0.444 e. The predicted octanol–water partition coefficient (Wildman–Crippen LogP) is 4.77. The maximum atomic E-state index is 12.6. The minimum Gasteiger partial charge on any atom is -0.444 e. The minimum absolute atomic E-state index is 0.146. The smallest absolute Gasteiger partial charge is 0.410 e. The molecule has 1 aromatic rings. The average molecular weight is 390 g/mol. The number of amides is 1. The van der Waals surface area contributed by atoms with Crippen molar-refractivity contribution in [2.75, 3.05) is 13.7 Å². The third-order valence-corrected chi connectivity index (χ3v) is 5.54. The van der Waals surface area contributed by atoms with E-state index in [0.717, 1.165) is 10.2 Å². The summed E-state index contributed by atoms with van der Waals surface area (Å²) in [5.74, 6) is 0. The molecule has 0 N–H and O–H groups in total. The third-order valence-electron chi connectivity index (χ3n) is 3.81. The van der Waals surface area contributed by atoms with Crippen LogP contribution in [0, 0.1) is 0 Å². The van der Waals surface area contributed by atoms with Gasteiger partial charge >= 0.3 is 6.09 Å². The Labute approximate surface area is 144 Å². The fourth-order valence-electron chi connectivity index (χ4n) is 2.67. The maximum absolute atomic E-state index is 12.6. The van der Waals surface area contributed by atoms with Gasteiger partial charge in [0, 0.05) is 18.5 Å². The second-order valence-electron chi connectivity index (χ2n) is 7.07. The van der Waals surface area contributed by atoms with Crippen molar-refractivity contribution < 1.29 is 14.3 Å². The van der Waals surface area contributed by atoms with E-state index < -0.39 is 11.2 Å². The van der Waals surface area contributed by atoms with Crippen LogP contribution in [0.5, 0.6) is 0 Å². The first-order chi connectivity index (χ1) is 10.0. The van der Waals surface area contributed by atoms with Gasteiger partial charge in [-0.15, -0.1) is 11.3 Å². The summed E-state index contributed by atoms with van der Waals surface area (Å²) >= 11 is 5.22. The number of rotatable bonds is 2. The Morgan fingerprint density at radius 2 is 2.00 bits per heavy atom. The van der Waals surface area contributed by atoms with Gasteiger partial charge in [-0.1, -0.05) is 0 Å². The zero-order chi connectivity index (χ0) is 16.7. The quantitative estimate of drug-likeness (QED) is 0.730. The summed E-state index contributed by atoms with van der Waals surface area (Å²) < 4.78 is 12.4.